The van der Waals surface area contributed by atoms with E-state index in [0.717, 1.165) is 28.3 Å². The fraction of sp³-hybridized carbons (Fsp3) is 0.471. The molecule has 4 atom stereocenters. The number of carbonyl (C=O) groups excluding carboxylic acids is 3. The number of aromatic nitrogens is 1. The Labute approximate surface area is 242 Å². The van der Waals surface area contributed by atoms with Crippen LogP contribution < -0.4 is 0 Å². The largest absolute Gasteiger partial charge is 0.444 e. The number of pyridine rings is 1. The SMILES string of the molecule is C.CC(C)(C)OC(=O)N1CCC(CCC(=O)c2ccc([C@@H]3C[C@H]3C(=O)Cc3ccc4cnccc4c3)cc2)C(F)C1. The van der Waals surface area contributed by atoms with Crippen LogP contribution in [-0.2, 0) is 16.0 Å². The van der Waals surface area contributed by atoms with Gasteiger partial charge in [-0.05, 0) is 74.4 Å². The van der Waals surface area contributed by atoms with E-state index in [-0.39, 0.29) is 49.7 Å². The number of alkyl halides is 1. The van der Waals surface area contributed by atoms with Gasteiger partial charge in [-0.2, -0.15) is 0 Å². The van der Waals surface area contributed by atoms with Crippen LogP contribution in [0.3, 0.4) is 0 Å². The summed E-state index contributed by atoms with van der Waals surface area (Å²) >= 11 is 0. The van der Waals surface area contributed by atoms with Gasteiger partial charge in [0, 0.05) is 48.6 Å². The number of ether oxygens (including phenoxy) is 1. The predicted octanol–water partition coefficient (Wildman–Crippen LogP) is 7.34. The minimum absolute atomic E-state index is 0. The van der Waals surface area contributed by atoms with Gasteiger partial charge in [-0.3, -0.25) is 14.6 Å². The van der Waals surface area contributed by atoms with Crippen LogP contribution in [0.5, 0.6) is 0 Å². The summed E-state index contributed by atoms with van der Waals surface area (Å²) in [5, 5.41) is 2.15. The molecule has 0 N–H and O–H groups in total. The van der Waals surface area contributed by atoms with Crippen LogP contribution in [-0.4, -0.2) is 52.4 Å². The van der Waals surface area contributed by atoms with Crippen molar-refractivity contribution in [3.05, 3.63) is 77.6 Å². The molecule has 6 nitrogen and oxygen atoms in total. The summed E-state index contributed by atoms with van der Waals surface area (Å²) in [4.78, 5) is 43.5. The van der Waals surface area contributed by atoms with Crippen molar-refractivity contribution in [1.29, 1.82) is 0 Å². The summed E-state index contributed by atoms with van der Waals surface area (Å²) in [6.45, 7) is 5.80. The topological polar surface area (TPSA) is 76.6 Å². The van der Waals surface area contributed by atoms with Gasteiger partial charge in [-0.25, -0.2) is 9.18 Å². The third kappa shape index (κ3) is 7.57. The number of piperidine rings is 1. The highest BCUT2D eigenvalue weighted by Crippen LogP contribution is 2.48. The number of nitrogens with zero attached hydrogens (tertiary/aromatic N) is 2. The van der Waals surface area contributed by atoms with Gasteiger partial charge >= 0.3 is 6.09 Å². The van der Waals surface area contributed by atoms with Crippen molar-refractivity contribution in [3.8, 4) is 0 Å². The molecule has 0 spiro atoms. The molecular weight excluding hydrogens is 519 g/mol. The number of likely N-dealkylation sites (tertiary alicyclic amines) is 1. The number of ketones is 2. The number of Topliss-reactive ketones (excluding diaryl/α,β-unsaturated/α-hetero) is 2. The number of hydrogen-bond acceptors (Lipinski definition) is 5. The molecule has 218 valence electrons. The highest BCUT2D eigenvalue weighted by molar-refractivity contribution is 5.96. The van der Waals surface area contributed by atoms with Crippen molar-refractivity contribution in [1.82, 2.24) is 9.88 Å². The monoisotopic (exact) mass is 560 g/mol. The molecule has 1 aliphatic heterocycles. The molecule has 2 aliphatic rings. The Morgan fingerprint density at radius 3 is 2.51 bits per heavy atom. The first kappa shape index (κ1) is 30.4. The van der Waals surface area contributed by atoms with E-state index in [1.807, 2.05) is 48.7 Å². The van der Waals surface area contributed by atoms with Crippen molar-refractivity contribution >= 4 is 28.4 Å². The second-order valence-corrected chi connectivity index (χ2v) is 12.2. The summed E-state index contributed by atoms with van der Waals surface area (Å²) in [5.74, 6) is 0.200. The molecule has 1 saturated carbocycles. The lowest BCUT2D eigenvalue weighted by Crippen LogP contribution is -2.46. The number of carbonyl (C=O) groups is 3. The summed E-state index contributed by atoms with van der Waals surface area (Å²) < 4.78 is 20.2. The summed E-state index contributed by atoms with van der Waals surface area (Å²) in [7, 11) is 0. The van der Waals surface area contributed by atoms with Gasteiger partial charge < -0.3 is 9.64 Å². The fourth-order valence-corrected chi connectivity index (χ4v) is 5.64. The molecule has 0 radical (unpaired) electrons. The predicted molar refractivity (Wildman–Crippen MR) is 159 cm³/mol. The van der Waals surface area contributed by atoms with E-state index in [1.54, 1.807) is 27.0 Å². The van der Waals surface area contributed by atoms with Crippen molar-refractivity contribution in [2.24, 2.45) is 11.8 Å². The van der Waals surface area contributed by atoms with E-state index in [4.69, 9.17) is 4.74 Å². The molecule has 1 aliphatic carbocycles. The molecule has 7 heteroatoms. The molecule has 1 aromatic heterocycles. The van der Waals surface area contributed by atoms with Crippen LogP contribution >= 0.6 is 0 Å². The van der Waals surface area contributed by atoms with Gasteiger partial charge in [0.1, 0.15) is 17.6 Å². The van der Waals surface area contributed by atoms with Crippen molar-refractivity contribution < 1.29 is 23.5 Å². The van der Waals surface area contributed by atoms with E-state index >= 15 is 0 Å². The molecule has 2 aromatic carbocycles. The lowest BCUT2D eigenvalue weighted by Gasteiger charge is -2.35. The highest BCUT2D eigenvalue weighted by atomic mass is 19.1. The maximum Gasteiger partial charge on any atom is 0.410 e. The molecule has 0 bridgehead atoms. The number of rotatable bonds is 8. The molecule has 41 heavy (non-hydrogen) atoms. The quantitative estimate of drug-likeness (QED) is 0.269. The Balaban J connectivity index is 0.00000387. The number of hydrogen-bond donors (Lipinski definition) is 0. The minimum atomic E-state index is -1.17. The Morgan fingerprint density at radius 2 is 1.80 bits per heavy atom. The van der Waals surface area contributed by atoms with Gasteiger partial charge in [0.2, 0.25) is 0 Å². The summed E-state index contributed by atoms with van der Waals surface area (Å²) in [6, 6.07) is 15.6. The maximum atomic E-state index is 14.8. The Hall–Kier alpha value is -3.61. The van der Waals surface area contributed by atoms with Crippen LogP contribution in [0.25, 0.3) is 10.8 Å². The van der Waals surface area contributed by atoms with Gasteiger partial charge in [0.05, 0.1) is 6.54 Å². The molecule has 2 unspecified atom stereocenters. The van der Waals surface area contributed by atoms with Gasteiger partial charge in [-0.1, -0.05) is 49.9 Å². The van der Waals surface area contributed by atoms with Crippen LogP contribution in [0, 0.1) is 11.8 Å². The molecule has 1 saturated heterocycles. The van der Waals surface area contributed by atoms with E-state index in [0.29, 0.717) is 31.4 Å². The summed E-state index contributed by atoms with van der Waals surface area (Å²) in [6.07, 6.45) is 4.41. The molecule has 3 aromatic rings. The second kappa shape index (κ2) is 12.5. The van der Waals surface area contributed by atoms with Crippen molar-refractivity contribution in [3.63, 3.8) is 0 Å². The molecule has 2 fully saturated rings. The first-order chi connectivity index (χ1) is 19.1. The Kier molecular flexibility index (Phi) is 9.25. The number of fused-ring (bicyclic) bond motifs is 1. The lowest BCUT2D eigenvalue weighted by molar-refractivity contribution is -0.119. The van der Waals surface area contributed by atoms with Crippen LogP contribution in [0.4, 0.5) is 9.18 Å². The molecule has 1 amide bonds. The zero-order chi connectivity index (χ0) is 28.4. The lowest BCUT2D eigenvalue weighted by atomic mass is 9.89. The van der Waals surface area contributed by atoms with Crippen molar-refractivity contribution in [2.45, 2.75) is 78.0 Å². The first-order valence-electron chi connectivity index (χ1n) is 14.2. The Bertz CT molecular complexity index is 1400. The standard InChI is InChI=1S/C33H37FN2O4.CH4/c1-33(2,3)40-32(39)36-15-13-23(29(34)20-36)10-11-30(37)24-8-6-22(7-9-24)27-18-28(27)31(38)17-21-4-5-26-19-35-14-12-25(26)16-21;/h4-9,12,14,16,19,23,27-29H,10-11,13,15,17-18,20H2,1-3H3;1H4/t23?,27-,28+,29?;/m0./s1. The average molecular weight is 561 g/mol. The van der Waals surface area contributed by atoms with Gasteiger partial charge in [0.15, 0.2) is 5.78 Å². The number of halogens is 1. The normalized spacial score (nSPS) is 22.1. The fourth-order valence-electron chi connectivity index (χ4n) is 5.64. The zero-order valence-corrected chi connectivity index (χ0v) is 23.4. The second-order valence-electron chi connectivity index (χ2n) is 12.2. The maximum absolute atomic E-state index is 14.8. The average Bonchev–Trinajstić information content (AvgIpc) is 3.73. The van der Waals surface area contributed by atoms with Crippen LogP contribution in [0.1, 0.15) is 81.3 Å². The zero-order valence-electron chi connectivity index (χ0n) is 23.4. The number of benzene rings is 2. The molecule has 2 heterocycles. The summed E-state index contributed by atoms with van der Waals surface area (Å²) in [5.41, 5.74) is 2.09. The van der Waals surface area contributed by atoms with Crippen LogP contribution in [0.2, 0.25) is 0 Å². The molecular formula is C34H41FN2O4. The third-order valence-corrected chi connectivity index (χ3v) is 8.02. The van der Waals surface area contributed by atoms with Crippen LogP contribution in [0.15, 0.2) is 60.9 Å². The highest BCUT2D eigenvalue weighted by Gasteiger charge is 2.43. The molecule has 5 rings (SSSR count). The van der Waals surface area contributed by atoms with E-state index < -0.39 is 17.9 Å². The van der Waals surface area contributed by atoms with E-state index in [9.17, 15) is 18.8 Å². The van der Waals surface area contributed by atoms with E-state index in [1.165, 1.54) is 4.90 Å². The third-order valence-electron chi connectivity index (χ3n) is 8.02. The van der Waals surface area contributed by atoms with E-state index in [2.05, 4.69) is 11.1 Å². The van der Waals surface area contributed by atoms with Gasteiger partial charge in [0.25, 0.3) is 0 Å². The van der Waals surface area contributed by atoms with Crippen molar-refractivity contribution in [2.75, 3.05) is 13.1 Å². The minimum Gasteiger partial charge on any atom is -0.444 e. The number of amides is 1. The smallest absolute Gasteiger partial charge is 0.410 e. The first-order valence-corrected chi connectivity index (χ1v) is 14.2. The van der Waals surface area contributed by atoms with Gasteiger partial charge in [-0.15, -0.1) is 0 Å². The Morgan fingerprint density at radius 1 is 1.05 bits per heavy atom.